The van der Waals surface area contributed by atoms with E-state index in [1.165, 1.54) is 0 Å². The Morgan fingerprint density at radius 2 is 2.17 bits per heavy atom. The van der Waals surface area contributed by atoms with E-state index in [-0.39, 0.29) is 17.7 Å². The van der Waals surface area contributed by atoms with Crippen molar-refractivity contribution in [3.05, 3.63) is 23.4 Å². The zero-order chi connectivity index (χ0) is 16.7. The second kappa shape index (κ2) is 5.86. The molecule has 1 saturated carbocycles. The number of carbonyl (C=O) groups excluding carboxylic acids is 1. The summed E-state index contributed by atoms with van der Waals surface area (Å²) in [5, 5.41) is 0.520. The third-order valence-electron chi connectivity index (χ3n) is 4.30. The zero-order valence-electron chi connectivity index (χ0n) is 13.8. The molecule has 0 bridgehead atoms. The van der Waals surface area contributed by atoms with Gasteiger partial charge in [0, 0.05) is 31.1 Å². The largest absolute Gasteiger partial charge is 0.473 e. The summed E-state index contributed by atoms with van der Waals surface area (Å²) in [5.74, 6) is 0.473. The molecule has 1 aliphatic carbocycles. The fourth-order valence-corrected chi connectivity index (χ4v) is 3.25. The topological polar surface area (TPSA) is 51.7 Å². The number of halogens is 1. The molecule has 126 valence electrons. The molecule has 23 heavy (non-hydrogen) atoms. The monoisotopic (exact) mass is 338 g/mol. The molecule has 1 aromatic rings. The highest BCUT2D eigenvalue weighted by Gasteiger charge is 2.55. The summed E-state index contributed by atoms with van der Waals surface area (Å²) >= 11 is 6.11. The number of likely N-dealkylation sites (tertiary alicyclic amines) is 1. The maximum absolute atomic E-state index is 12.4. The first kappa shape index (κ1) is 16.4. The van der Waals surface area contributed by atoms with E-state index in [4.69, 9.17) is 21.1 Å². The van der Waals surface area contributed by atoms with Crippen LogP contribution in [0.1, 0.15) is 46.5 Å². The molecular weight excluding hydrogens is 316 g/mol. The fraction of sp³-hybridized carbons (Fsp3) is 0.647. The molecule has 2 fully saturated rings. The standard InChI is InChI=1S/C17H23ClN2O3/c1-16(2,3)23-15(21)20-10-6-12(11-17(20)7-8-17)22-14-13(18)5-4-9-19-14/h4-5,9,12H,6-8,10-11H2,1-3H3. The molecule has 5 nitrogen and oxygen atoms in total. The van der Waals surface area contributed by atoms with Gasteiger partial charge in [0.05, 0.1) is 0 Å². The summed E-state index contributed by atoms with van der Waals surface area (Å²) in [6.07, 6.45) is 5.05. The van der Waals surface area contributed by atoms with Gasteiger partial charge in [-0.2, -0.15) is 0 Å². The van der Waals surface area contributed by atoms with Crippen LogP contribution in [0.2, 0.25) is 5.02 Å². The molecule has 0 radical (unpaired) electrons. The summed E-state index contributed by atoms with van der Waals surface area (Å²) < 4.78 is 11.5. The number of pyridine rings is 1. The first-order valence-corrected chi connectivity index (χ1v) is 8.45. The van der Waals surface area contributed by atoms with E-state index in [1.807, 2.05) is 25.7 Å². The highest BCUT2D eigenvalue weighted by molar-refractivity contribution is 6.31. The smallest absolute Gasteiger partial charge is 0.410 e. The molecule has 1 amide bonds. The summed E-state index contributed by atoms with van der Waals surface area (Å²) in [7, 11) is 0. The highest BCUT2D eigenvalue weighted by Crippen LogP contribution is 2.49. The molecule has 1 atom stereocenters. The first-order valence-electron chi connectivity index (χ1n) is 8.07. The fourth-order valence-electron chi connectivity index (χ4n) is 3.08. The quantitative estimate of drug-likeness (QED) is 0.816. The van der Waals surface area contributed by atoms with Crippen LogP contribution in [0.5, 0.6) is 5.88 Å². The minimum absolute atomic E-state index is 0.0311. The van der Waals surface area contributed by atoms with Crippen molar-refractivity contribution < 1.29 is 14.3 Å². The van der Waals surface area contributed by atoms with Gasteiger partial charge in [0.1, 0.15) is 16.7 Å². The van der Waals surface area contributed by atoms with Crippen LogP contribution in [-0.4, -0.2) is 39.8 Å². The molecule has 1 unspecified atom stereocenters. The van der Waals surface area contributed by atoms with Crippen molar-refractivity contribution in [1.29, 1.82) is 0 Å². The van der Waals surface area contributed by atoms with Gasteiger partial charge in [0.15, 0.2) is 0 Å². The lowest BCUT2D eigenvalue weighted by Crippen LogP contribution is -2.52. The lowest BCUT2D eigenvalue weighted by molar-refractivity contribution is -0.0103. The van der Waals surface area contributed by atoms with Crippen LogP contribution in [0, 0.1) is 0 Å². The van der Waals surface area contributed by atoms with Crippen LogP contribution in [0.25, 0.3) is 0 Å². The zero-order valence-corrected chi connectivity index (χ0v) is 14.6. The molecule has 1 aromatic heterocycles. The summed E-state index contributed by atoms with van der Waals surface area (Å²) in [4.78, 5) is 18.5. The van der Waals surface area contributed by atoms with Gasteiger partial charge in [0.2, 0.25) is 5.88 Å². The van der Waals surface area contributed by atoms with Crippen molar-refractivity contribution in [3.8, 4) is 5.88 Å². The maximum Gasteiger partial charge on any atom is 0.410 e. The van der Waals surface area contributed by atoms with Crippen LogP contribution in [0.3, 0.4) is 0 Å². The number of ether oxygens (including phenoxy) is 2. The predicted molar refractivity (Wildman–Crippen MR) is 87.8 cm³/mol. The number of hydrogen-bond acceptors (Lipinski definition) is 4. The lowest BCUT2D eigenvalue weighted by atomic mass is 9.97. The normalized spacial score (nSPS) is 22.8. The second-order valence-corrected chi connectivity index (χ2v) is 7.79. The van der Waals surface area contributed by atoms with Gasteiger partial charge in [-0.15, -0.1) is 0 Å². The van der Waals surface area contributed by atoms with Gasteiger partial charge in [-0.25, -0.2) is 9.78 Å². The molecule has 1 saturated heterocycles. The third-order valence-corrected chi connectivity index (χ3v) is 4.59. The Kier molecular flexibility index (Phi) is 4.17. The summed E-state index contributed by atoms with van der Waals surface area (Å²) in [5.41, 5.74) is -0.575. The Morgan fingerprint density at radius 1 is 1.43 bits per heavy atom. The number of carbonyl (C=O) groups is 1. The first-order chi connectivity index (χ1) is 10.8. The van der Waals surface area contributed by atoms with Gasteiger partial charge in [-0.3, -0.25) is 0 Å². The molecule has 3 rings (SSSR count). The third kappa shape index (κ3) is 3.71. The van der Waals surface area contributed by atoms with Gasteiger partial charge >= 0.3 is 6.09 Å². The molecule has 0 N–H and O–H groups in total. The number of piperidine rings is 1. The van der Waals surface area contributed by atoms with E-state index < -0.39 is 5.60 Å². The van der Waals surface area contributed by atoms with Gasteiger partial charge in [0.25, 0.3) is 0 Å². The van der Waals surface area contributed by atoms with Crippen molar-refractivity contribution in [2.45, 2.75) is 63.7 Å². The molecule has 1 spiro atoms. The Bertz CT molecular complexity index is 596. The van der Waals surface area contributed by atoms with Crippen LogP contribution in [-0.2, 0) is 4.74 Å². The number of amides is 1. The van der Waals surface area contributed by atoms with E-state index in [0.717, 1.165) is 25.7 Å². The van der Waals surface area contributed by atoms with Crippen molar-refractivity contribution in [1.82, 2.24) is 9.88 Å². The Morgan fingerprint density at radius 3 is 2.78 bits per heavy atom. The number of hydrogen-bond donors (Lipinski definition) is 0. The molecule has 2 aliphatic rings. The van der Waals surface area contributed by atoms with Crippen molar-refractivity contribution >= 4 is 17.7 Å². The van der Waals surface area contributed by atoms with Crippen LogP contribution in [0.4, 0.5) is 4.79 Å². The number of aromatic nitrogens is 1. The minimum atomic E-state index is -0.470. The number of nitrogens with zero attached hydrogens (tertiary/aromatic N) is 2. The van der Waals surface area contributed by atoms with Crippen molar-refractivity contribution in [3.63, 3.8) is 0 Å². The second-order valence-electron chi connectivity index (χ2n) is 7.38. The molecule has 6 heteroatoms. The summed E-state index contributed by atoms with van der Waals surface area (Å²) in [6.45, 7) is 6.32. The van der Waals surface area contributed by atoms with Crippen LogP contribution in [0.15, 0.2) is 18.3 Å². The van der Waals surface area contributed by atoms with Crippen LogP contribution < -0.4 is 4.74 Å². The molecule has 2 heterocycles. The predicted octanol–water partition coefficient (Wildman–Crippen LogP) is 4.05. The van der Waals surface area contributed by atoms with E-state index >= 15 is 0 Å². The molecular formula is C17H23ClN2O3. The van der Waals surface area contributed by atoms with E-state index in [1.54, 1.807) is 18.3 Å². The number of rotatable bonds is 2. The van der Waals surface area contributed by atoms with E-state index in [9.17, 15) is 4.79 Å². The van der Waals surface area contributed by atoms with Gasteiger partial charge < -0.3 is 14.4 Å². The van der Waals surface area contributed by atoms with Crippen LogP contribution >= 0.6 is 11.6 Å². The minimum Gasteiger partial charge on any atom is -0.473 e. The Labute approximate surface area is 141 Å². The van der Waals surface area contributed by atoms with E-state index in [2.05, 4.69) is 4.98 Å². The lowest BCUT2D eigenvalue weighted by Gasteiger charge is -2.40. The van der Waals surface area contributed by atoms with Gasteiger partial charge in [-0.05, 0) is 45.7 Å². The maximum atomic E-state index is 12.4. The van der Waals surface area contributed by atoms with Crippen molar-refractivity contribution in [2.75, 3.05) is 6.54 Å². The molecule has 1 aliphatic heterocycles. The Hall–Kier alpha value is -1.49. The Balaban J connectivity index is 1.65. The SMILES string of the molecule is CC(C)(C)OC(=O)N1CCC(Oc2ncccc2Cl)CC12CC2. The summed E-state index contributed by atoms with van der Waals surface area (Å²) in [6, 6.07) is 3.55. The average Bonchev–Trinajstić information content (AvgIpc) is 3.19. The van der Waals surface area contributed by atoms with E-state index in [0.29, 0.717) is 17.4 Å². The average molecular weight is 339 g/mol. The molecule has 0 aromatic carbocycles. The van der Waals surface area contributed by atoms with Crippen molar-refractivity contribution in [2.24, 2.45) is 0 Å². The van der Waals surface area contributed by atoms with Gasteiger partial charge in [-0.1, -0.05) is 11.6 Å². The highest BCUT2D eigenvalue weighted by atomic mass is 35.5.